The topological polar surface area (TPSA) is 61.9 Å². The molecule has 1 aliphatic rings. The summed E-state index contributed by atoms with van der Waals surface area (Å²) in [4.78, 5) is 28.5. The number of ether oxygens (including phenoxy) is 1. The van der Waals surface area contributed by atoms with E-state index in [-0.39, 0.29) is 25.0 Å². The SMILES string of the molecule is CCOC(=O)CN(CC(=O)Nc1ccc(N2CCCC2)cc1C)CC(C)C. The van der Waals surface area contributed by atoms with Crippen LogP contribution in [0.1, 0.15) is 39.2 Å². The van der Waals surface area contributed by atoms with E-state index in [2.05, 4.69) is 36.2 Å². The molecule has 1 aliphatic heterocycles. The standard InChI is InChI=1S/C21H33N3O3/c1-5-27-21(26)15-23(13-16(2)3)14-20(25)22-19-9-8-18(12-17(19)4)24-10-6-7-11-24/h8-9,12,16H,5-7,10-11,13-15H2,1-4H3,(H,22,25). The van der Waals surface area contributed by atoms with Gasteiger partial charge in [0, 0.05) is 31.0 Å². The van der Waals surface area contributed by atoms with Gasteiger partial charge in [0.15, 0.2) is 0 Å². The van der Waals surface area contributed by atoms with Gasteiger partial charge in [0.25, 0.3) is 0 Å². The van der Waals surface area contributed by atoms with E-state index in [1.165, 1.54) is 18.5 Å². The Labute approximate surface area is 162 Å². The number of benzene rings is 1. The van der Waals surface area contributed by atoms with Crippen LogP contribution >= 0.6 is 0 Å². The van der Waals surface area contributed by atoms with Crippen LogP contribution in [0.25, 0.3) is 0 Å². The maximum atomic E-state index is 12.5. The molecule has 0 radical (unpaired) electrons. The normalized spacial score (nSPS) is 14.1. The maximum absolute atomic E-state index is 12.5. The van der Waals surface area contributed by atoms with Crippen LogP contribution < -0.4 is 10.2 Å². The summed E-state index contributed by atoms with van der Waals surface area (Å²) >= 11 is 0. The fraction of sp³-hybridized carbons (Fsp3) is 0.619. The number of aryl methyl sites for hydroxylation is 1. The van der Waals surface area contributed by atoms with Crippen molar-refractivity contribution in [3.63, 3.8) is 0 Å². The van der Waals surface area contributed by atoms with Crippen molar-refractivity contribution in [3.8, 4) is 0 Å². The number of nitrogens with zero attached hydrogens (tertiary/aromatic N) is 2. The van der Waals surface area contributed by atoms with E-state index in [1.807, 2.05) is 17.9 Å². The molecule has 0 saturated carbocycles. The van der Waals surface area contributed by atoms with Gasteiger partial charge in [0.1, 0.15) is 0 Å². The molecule has 27 heavy (non-hydrogen) atoms. The Balaban J connectivity index is 1.96. The van der Waals surface area contributed by atoms with Crippen molar-refractivity contribution in [1.29, 1.82) is 0 Å². The minimum atomic E-state index is -0.294. The van der Waals surface area contributed by atoms with E-state index in [4.69, 9.17) is 4.74 Å². The van der Waals surface area contributed by atoms with Crippen LogP contribution in [0.4, 0.5) is 11.4 Å². The Hall–Kier alpha value is -2.08. The lowest BCUT2D eigenvalue weighted by atomic mass is 10.1. The Morgan fingerprint density at radius 2 is 1.93 bits per heavy atom. The van der Waals surface area contributed by atoms with Crippen LogP contribution in [0.15, 0.2) is 18.2 Å². The molecule has 1 heterocycles. The van der Waals surface area contributed by atoms with E-state index in [1.54, 1.807) is 6.92 Å². The molecule has 6 nitrogen and oxygen atoms in total. The zero-order chi connectivity index (χ0) is 19.8. The van der Waals surface area contributed by atoms with Gasteiger partial charge in [-0.05, 0) is 56.4 Å². The first kappa shape index (κ1) is 21.2. The van der Waals surface area contributed by atoms with Crippen LogP contribution in [0.3, 0.4) is 0 Å². The number of anilines is 2. The fourth-order valence-electron chi connectivity index (χ4n) is 3.44. The van der Waals surface area contributed by atoms with Gasteiger partial charge in [-0.15, -0.1) is 0 Å². The third-order valence-electron chi connectivity index (χ3n) is 4.60. The third-order valence-corrected chi connectivity index (χ3v) is 4.60. The summed E-state index contributed by atoms with van der Waals surface area (Å²) in [6, 6.07) is 6.17. The lowest BCUT2D eigenvalue weighted by Crippen LogP contribution is -2.39. The minimum absolute atomic E-state index is 0.114. The summed E-state index contributed by atoms with van der Waals surface area (Å²) < 4.78 is 5.02. The largest absolute Gasteiger partial charge is 0.465 e. The maximum Gasteiger partial charge on any atom is 0.320 e. The Bertz CT molecular complexity index is 640. The number of esters is 1. The Morgan fingerprint density at radius 1 is 1.22 bits per heavy atom. The number of hydrogen-bond acceptors (Lipinski definition) is 5. The highest BCUT2D eigenvalue weighted by atomic mass is 16.5. The predicted octanol–water partition coefficient (Wildman–Crippen LogP) is 3.05. The van der Waals surface area contributed by atoms with E-state index in [0.29, 0.717) is 19.1 Å². The Morgan fingerprint density at radius 3 is 2.52 bits per heavy atom. The fourth-order valence-corrected chi connectivity index (χ4v) is 3.44. The van der Waals surface area contributed by atoms with Crippen LogP contribution in [0.5, 0.6) is 0 Å². The lowest BCUT2D eigenvalue weighted by Gasteiger charge is -2.23. The third kappa shape index (κ3) is 6.86. The van der Waals surface area contributed by atoms with Gasteiger partial charge in [-0.3, -0.25) is 14.5 Å². The molecule has 0 aliphatic carbocycles. The molecule has 0 spiro atoms. The van der Waals surface area contributed by atoms with Crippen LogP contribution in [0, 0.1) is 12.8 Å². The number of amides is 1. The van der Waals surface area contributed by atoms with Crippen molar-refractivity contribution in [2.24, 2.45) is 5.92 Å². The van der Waals surface area contributed by atoms with Crippen molar-refractivity contribution in [1.82, 2.24) is 4.90 Å². The molecule has 0 unspecified atom stereocenters. The second-order valence-corrected chi connectivity index (χ2v) is 7.61. The molecular formula is C21H33N3O3. The predicted molar refractivity (Wildman–Crippen MR) is 109 cm³/mol. The van der Waals surface area contributed by atoms with E-state index < -0.39 is 0 Å². The molecule has 6 heteroatoms. The highest BCUT2D eigenvalue weighted by molar-refractivity contribution is 5.93. The van der Waals surface area contributed by atoms with Crippen molar-refractivity contribution < 1.29 is 14.3 Å². The molecule has 0 bridgehead atoms. The molecule has 1 aromatic rings. The molecule has 1 N–H and O–H groups in total. The summed E-state index contributed by atoms with van der Waals surface area (Å²) in [6.45, 7) is 11.4. The number of carbonyl (C=O) groups excluding carboxylic acids is 2. The summed E-state index contributed by atoms with van der Waals surface area (Å²) in [5.74, 6) is -0.0530. The van der Waals surface area contributed by atoms with Gasteiger partial charge in [0.05, 0.1) is 19.7 Å². The quantitative estimate of drug-likeness (QED) is 0.672. The molecule has 1 fully saturated rings. The highest BCUT2D eigenvalue weighted by Crippen LogP contribution is 2.25. The van der Waals surface area contributed by atoms with Gasteiger partial charge in [-0.25, -0.2) is 0 Å². The first-order valence-electron chi connectivity index (χ1n) is 9.92. The van der Waals surface area contributed by atoms with Crippen LogP contribution in [-0.2, 0) is 14.3 Å². The zero-order valence-corrected chi connectivity index (χ0v) is 17.1. The molecule has 1 aromatic carbocycles. The Kier molecular flexibility index (Phi) is 8.10. The summed E-state index contributed by atoms with van der Waals surface area (Å²) in [7, 11) is 0. The average Bonchev–Trinajstić information content (AvgIpc) is 3.10. The smallest absolute Gasteiger partial charge is 0.320 e. The summed E-state index contributed by atoms with van der Waals surface area (Å²) in [5, 5.41) is 2.99. The first-order valence-corrected chi connectivity index (χ1v) is 9.92. The molecule has 1 amide bonds. The van der Waals surface area contributed by atoms with Crippen molar-refractivity contribution in [3.05, 3.63) is 23.8 Å². The zero-order valence-electron chi connectivity index (χ0n) is 17.1. The number of rotatable bonds is 9. The van der Waals surface area contributed by atoms with E-state index in [9.17, 15) is 9.59 Å². The number of nitrogens with one attached hydrogen (secondary N) is 1. The van der Waals surface area contributed by atoms with Gasteiger partial charge in [-0.2, -0.15) is 0 Å². The molecule has 0 aromatic heterocycles. The average molecular weight is 376 g/mol. The minimum Gasteiger partial charge on any atom is -0.465 e. The van der Waals surface area contributed by atoms with Crippen molar-refractivity contribution >= 4 is 23.3 Å². The second-order valence-electron chi connectivity index (χ2n) is 7.61. The van der Waals surface area contributed by atoms with Crippen LogP contribution in [0.2, 0.25) is 0 Å². The van der Waals surface area contributed by atoms with E-state index >= 15 is 0 Å². The molecule has 1 saturated heterocycles. The number of hydrogen-bond donors (Lipinski definition) is 1. The highest BCUT2D eigenvalue weighted by Gasteiger charge is 2.18. The lowest BCUT2D eigenvalue weighted by molar-refractivity contribution is -0.144. The van der Waals surface area contributed by atoms with Gasteiger partial charge in [0.2, 0.25) is 5.91 Å². The molecule has 2 rings (SSSR count). The monoisotopic (exact) mass is 375 g/mol. The van der Waals surface area contributed by atoms with Gasteiger partial charge < -0.3 is 15.0 Å². The summed E-state index contributed by atoms with van der Waals surface area (Å²) in [6.07, 6.45) is 2.48. The number of carbonyl (C=O) groups is 2. The van der Waals surface area contributed by atoms with E-state index in [0.717, 1.165) is 24.3 Å². The molecular weight excluding hydrogens is 342 g/mol. The van der Waals surface area contributed by atoms with Gasteiger partial charge in [-0.1, -0.05) is 13.8 Å². The molecule has 0 atom stereocenters. The van der Waals surface area contributed by atoms with Crippen molar-refractivity contribution in [2.45, 2.75) is 40.5 Å². The van der Waals surface area contributed by atoms with Gasteiger partial charge >= 0.3 is 5.97 Å². The van der Waals surface area contributed by atoms with Crippen LogP contribution in [-0.4, -0.2) is 56.1 Å². The second kappa shape index (κ2) is 10.3. The summed E-state index contributed by atoms with van der Waals surface area (Å²) in [5.41, 5.74) is 3.09. The van der Waals surface area contributed by atoms with Crippen molar-refractivity contribution in [2.75, 3.05) is 49.5 Å². The first-order chi connectivity index (χ1) is 12.9. The molecule has 150 valence electrons.